The Bertz CT molecular complexity index is 493. The summed E-state index contributed by atoms with van der Waals surface area (Å²) in [5.74, 6) is -0.356. The fourth-order valence-electron chi connectivity index (χ4n) is 1.19. The minimum absolute atomic E-state index is 0.0484. The molecule has 0 N–H and O–H groups in total. The molecule has 0 aliphatic heterocycles. The molecule has 0 radical (unpaired) electrons. The number of aryl methyl sites for hydroxylation is 1. The van der Waals surface area contributed by atoms with Crippen molar-refractivity contribution in [3.63, 3.8) is 0 Å². The molecule has 0 bridgehead atoms. The minimum atomic E-state index is -4.72. The van der Waals surface area contributed by atoms with Gasteiger partial charge in [-0.2, -0.15) is 5.10 Å². The summed E-state index contributed by atoms with van der Waals surface area (Å²) < 4.78 is 41.0. The maximum atomic E-state index is 12.0. The fourth-order valence-corrected chi connectivity index (χ4v) is 1.19. The monoisotopic (exact) mass is 247 g/mol. The first-order valence-corrected chi connectivity index (χ1v) is 5.02. The topological polar surface area (TPSA) is 39.4 Å². The van der Waals surface area contributed by atoms with Crippen LogP contribution in [0.5, 0.6) is 5.75 Å². The second-order valence-corrected chi connectivity index (χ2v) is 2.89. The third-order valence-electron chi connectivity index (χ3n) is 1.67. The van der Waals surface area contributed by atoms with Gasteiger partial charge in [-0.05, 0) is 6.92 Å². The van der Waals surface area contributed by atoms with Crippen LogP contribution in [0.1, 0.15) is 19.5 Å². The number of aromatic nitrogens is 3. The van der Waals surface area contributed by atoms with Crippen molar-refractivity contribution in [3.05, 3.63) is 24.2 Å². The lowest BCUT2D eigenvalue weighted by Gasteiger charge is -2.08. The van der Waals surface area contributed by atoms with E-state index < -0.39 is 6.36 Å². The van der Waals surface area contributed by atoms with Crippen LogP contribution in [0.2, 0.25) is 0 Å². The van der Waals surface area contributed by atoms with Crippen LogP contribution in [0.15, 0.2) is 18.5 Å². The molecule has 7 heteroatoms. The second-order valence-electron chi connectivity index (χ2n) is 2.89. The van der Waals surface area contributed by atoms with E-state index >= 15 is 0 Å². The molecular formula is C10H12F3N3O. The molecule has 0 atom stereocenters. The molecular weight excluding hydrogens is 235 g/mol. The summed E-state index contributed by atoms with van der Waals surface area (Å²) in [6.45, 7) is 5.66. The van der Waals surface area contributed by atoms with Crippen molar-refractivity contribution in [2.24, 2.45) is 0 Å². The molecule has 0 fully saturated rings. The standard InChI is InChI=1S/C8H6F3N3O.C2H6/c1-5-4-14-7(13-5)6(2-3-12-14)15-8(9,10)11;1-2/h2-4H,1H3;1-2H3. The second kappa shape index (κ2) is 5.03. The summed E-state index contributed by atoms with van der Waals surface area (Å²) in [5, 5.41) is 3.80. The zero-order chi connectivity index (χ0) is 13.1. The van der Waals surface area contributed by atoms with E-state index in [0.29, 0.717) is 5.69 Å². The summed E-state index contributed by atoms with van der Waals surface area (Å²) in [4.78, 5) is 3.87. The van der Waals surface area contributed by atoms with Crippen molar-refractivity contribution in [1.29, 1.82) is 0 Å². The van der Waals surface area contributed by atoms with Crippen LogP contribution in [-0.2, 0) is 0 Å². The van der Waals surface area contributed by atoms with E-state index in [2.05, 4.69) is 14.8 Å². The summed E-state index contributed by atoms with van der Waals surface area (Å²) >= 11 is 0. The van der Waals surface area contributed by atoms with Crippen molar-refractivity contribution in [1.82, 2.24) is 14.6 Å². The Balaban J connectivity index is 0.000000686. The summed E-state index contributed by atoms with van der Waals surface area (Å²) in [5.41, 5.74) is 0.619. The molecule has 2 heterocycles. The summed E-state index contributed by atoms with van der Waals surface area (Å²) in [7, 11) is 0. The maximum absolute atomic E-state index is 12.0. The van der Waals surface area contributed by atoms with Crippen LogP contribution < -0.4 is 4.74 Å². The lowest BCUT2D eigenvalue weighted by atomic mass is 10.5. The molecule has 0 aliphatic rings. The first-order valence-electron chi connectivity index (χ1n) is 5.02. The van der Waals surface area contributed by atoms with Crippen LogP contribution in [-0.4, -0.2) is 21.0 Å². The van der Waals surface area contributed by atoms with E-state index in [9.17, 15) is 13.2 Å². The van der Waals surface area contributed by atoms with Gasteiger partial charge in [0, 0.05) is 6.07 Å². The van der Waals surface area contributed by atoms with Gasteiger partial charge in [-0.25, -0.2) is 9.50 Å². The number of nitrogens with zero attached hydrogens (tertiary/aromatic N) is 3. The number of imidazole rings is 1. The highest BCUT2D eigenvalue weighted by molar-refractivity contribution is 5.52. The van der Waals surface area contributed by atoms with Gasteiger partial charge in [0.2, 0.25) is 0 Å². The molecule has 0 aromatic carbocycles. The Morgan fingerprint density at radius 3 is 2.53 bits per heavy atom. The van der Waals surface area contributed by atoms with Crippen LogP contribution >= 0.6 is 0 Å². The lowest BCUT2D eigenvalue weighted by molar-refractivity contribution is -0.274. The van der Waals surface area contributed by atoms with Crippen molar-refractivity contribution < 1.29 is 17.9 Å². The maximum Gasteiger partial charge on any atom is 0.573 e. The molecule has 4 nitrogen and oxygen atoms in total. The van der Waals surface area contributed by atoms with Crippen LogP contribution in [0.25, 0.3) is 5.65 Å². The Kier molecular flexibility index (Phi) is 3.93. The highest BCUT2D eigenvalue weighted by atomic mass is 19.4. The third-order valence-corrected chi connectivity index (χ3v) is 1.67. The zero-order valence-electron chi connectivity index (χ0n) is 9.62. The lowest BCUT2D eigenvalue weighted by Crippen LogP contribution is -2.17. The molecule has 0 saturated heterocycles. The molecule has 17 heavy (non-hydrogen) atoms. The first kappa shape index (κ1) is 13.3. The van der Waals surface area contributed by atoms with Gasteiger partial charge in [0.25, 0.3) is 0 Å². The smallest absolute Gasteiger partial charge is 0.402 e. The number of fused-ring (bicyclic) bond motifs is 1. The van der Waals surface area contributed by atoms with Crippen LogP contribution in [0, 0.1) is 6.92 Å². The molecule has 2 aromatic rings. The van der Waals surface area contributed by atoms with Crippen molar-refractivity contribution in [3.8, 4) is 5.75 Å². The molecule has 0 unspecified atom stereocenters. The van der Waals surface area contributed by atoms with Crippen LogP contribution in [0.4, 0.5) is 13.2 Å². The minimum Gasteiger partial charge on any atom is -0.402 e. The van der Waals surface area contributed by atoms with Crippen molar-refractivity contribution >= 4 is 5.65 Å². The molecule has 2 rings (SSSR count). The third kappa shape index (κ3) is 3.33. The molecule has 0 saturated carbocycles. The Morgan fingerprint density at radius 1 is 1.29 bits per heavy atom. The first-order chi connectivity index (χ1) is 7.96. The van der Waals surface area contributed by atoms with Gasteiger partial charge < -0.3 is 4.74 Å². The molecule has 2 aromatic heterocycles. The normalized spacial score (nSPS) is 10.9. The molecule has 0 spiro atoms. The van der Waals surface area contributed by atoms with Gasteiger partial charge in [0.15, 0.2) is 11.4 Å². The molecule has 0 amide bonds. The highest BCUT2D eigenvalue weighted by Gasteiger charge is 2.32. The Hall–Kier alpha value is -1.79. The Labute approximate surface area is 96.0 Å². The predicted octanol–water partition coefficient (Wildman–Crippen LogP) is 2.96. The Morgan fingerprint density at radius 2 is 1.94 bits per heavy atom. The van der Waals surface area contributed by atoms with Gasteiger partial charge >= 0.3 is 6.36 Å². The van der Waals surface area contributed by atoms with E-state index in [1.165, 1.54) is 16.9 Å². The van der Waals surface area contributed by atoms with E-state index in [-0.39, 0.29) is 11.4 Å². The average molecular weight is 247 g/mol. The summed E-state index contributed by atoms with van der Waals surface area (Å²) in [6.07, 6.45) is -1.99. The predicted molar refractivity (Wildman–Crippen MR) is 55.8 cm³/mol. The number of alkyl halides is 3. The zero-order valence-corrected chi connectivity index (χ0v) is 9.62. The number of hydrogen-bond acceptors (Lipinski definition) is 3. The van der Waals surface area contributed by atoms with Gasteiger partial charge in [-0.3, -0.25) is 0 Å². The van der Waals surface area contributed by atoms with Crippen LogP contribution in [0.3, 0.4) is 0 Å². The van der Waals surface area contributed by atoms with Gasteiger partial charge in [0.05, 0.1) is 18.1 Å². The number of hydrogen-bond donors (Lipinski definition) is 0. The van der Waals surface area contributed by atoms with E-state index in [4.69, 9.17) is 0 Å². The van der Waals surface area contributed by atoms with Crippen molar-refractivity contribution in [2.75, 3.05) is 0 Å². The van der Waals surface area contributed by atoms with E-state index in [1.807, 2.05) is 13.8 Å². The van der Waals surface area contributed by atoms with E-state index in [0.717, 1.165) is 6.07 Å². The number of rotatable bonds is 1. The average Bonchev–Trinajstić information content (AvgIpc) is 2.60. The SMILES string of the molecule is CC.Cc1cn2nccc(OC(F)(F)F)c2n1. The molecule has 94 valence electrons. The van der Waals surface area contributed by atoms with Gasteiger partial charge in [0.1, 0.15) is 0 Å². The molecule has 0 aliphatic carbocycles. The number of halogens is 3. The highest BCUT2D eigenvalue weighted by Crippen LogP contribution is 2.25. The van der Waals surface area contributed by atoms with E-state index in [1.54, 1.807) is 6.92 Å². The van der Waals surface area contributed by atoms with Gasteiger partial charge in [-0.1, -0.05) is 13.8 Å². The van der Waals surface area contributed by atoms with Gasteiger partial charge in [-0.15, -0.1) is 13.2 Å². The quantitative estimate of drug-likeness (QED) is 0.777. The fraction of sp³-hybridized carbons (Fsp3) is 0.400. The van der Waals surface area contributed by atoms with Crippen molar-refractivity contribution in [2.45, 2.75) is 27.1 Å². The summed E-state index contributed by atoms with van der Waals surface area (Å²) in [6, 6.07) is 1.12. The largest absolute Gasteiger partial charge is 0.573 e. The number of ether oxygens (including phenoxy) is 1.